The number of halogens is 3. The number of alkyl halides is 3. The van der Waals surface area contributed by atoms with Crippen molar-refractivity contribution in [1.82, 2.24) is 24.9 Å². The summed E-state index contributed by atoms with van der Waals surface area (Å²) in [6, 6.07) is 0. The van der Waals surface area contributed by atoms with Gasteiger partial charge < -0.3 is 11.1 Å². The van der Waals surface area contributed by atoms with Gasteiger partial charge in [0.25, 0.3) is 11.6 Å². The smallest absolute Gasteiger partial charge is 0.350 e. The van der Waals surface area contributed by atoms with Crippen molar-refractivity contribution in [3.05, 3.63) is 22.8 Å². The minimum Gasteiger partial charge on any atom is -0.350 e. The number of carbonyl (C=O) groups is 1. The fourth-order valence-corrected chi connectivity index (χ4v) is 2.42. The number of carbonyl (C=O) groups excluding carboxylic acids is 1. The van der Waals surface area contributed by atoms with Gasteiger partial charge in [0.1, 0.15) is 0 Å². The maximum Gasteiger partial charge on any atom is 0.453 e. The molecule has 0 bridgehead atoms. The van der Waals surface area contributed by atoms with Crippen LogP contribution in [0.15, 0.2) is 0 Å². The average Bonchev–Trinajstić information content (AvgIpc) is 2.90. The van der Waals surface area contributed by atoms with Crippen LogP contribution in [0.2, 0.25) is 0 Å². The molecular formula is C15H21F3N6O. The van der Waals surface area contributed by atoms with Crippen LogP contribution in [0, 0.1) is 13.8 Å². The topological polar surface area (TPSA) is 98.2 Å². The van der Waals surface area contributed by atoms with Crippen LogP contribution in [-0.4, -0.2) is 37.6 Å². The Labute approximate surface area is 142 Å². The summed E-state index contributed by atoms with van der Waals surface area (Å²) in [5.74, 6) is -1.54. The summed E-state index contributed by atoms with van der Waals surface area (Å²) in [5.41, 5.74) is 6.74. The van der Waals surface area contributed by atoms with Crippen molar-refractivity contribution in [1.29, 1.82) is 0 Å². The van der Waals surface area contributed by atoms with Crippen molar-refractivity contribution in [2.45, 2.75) is 52.3 Å². The van der Waals surface area contributed by atoms with Crippen molar-refractivity contribution >= 4 is 11.7 Å². The molecule has 0 unspecified atom stereocenters. The van der Waals surface area contributed by atoms with Crippen LogP contribution in [0.1, 0.15) is 43.0 Å². The molecule has 1 amide bonds. The summed E-state index contributed by atoms with van der Waals surface area (Å²) in [6.07, 6.45) is -4.14. The lowest BCUT2D eigenvalue weighted by Crippen LogP contribution is -2.48. The Morgan fingerprint density at radius 2 is 1.88 bits per heavy atom. The first-order valence-electron chi connectivity index (χ1n) is 7.76. The SMILES string of the molecule is Cc1nc2nc(C(F)(F)F)nn2c(C)c1CCC(=O)NC(C)(C)CN. The summed E-state index contributed by atoms with van der Waals surface area (Å²) < 4.78 is 39.4. The molecule has 2 aromatic rings. The van der Waals surface area contributed by atoms with Crippen LogP contribution in [0.4, 0.5) is 13.2 Å². The van der Waals surface area contributed by atoms with Gasteiger partial charge in [-0.15, -0.1) is 5.10 Å². The van der Waals surface area contributed by atoms with Gasteiger partial charge in [0.2, 0.25) is 5.91 Å². The van der Waals surface area contributed by atoms with Crippen LogP contribution in [0.3, 0.4) is 0 Å². The van der Waals surface area contributed by atoms with Crippen molar-refractivity contribution < 1.29 is 18.0 Å². The number of nitrogens with two attached hydrogens (primary N) is 1. The van der Waals surface area contributed by atoms with Crippen molar-refractivity contribution in [3.8, 4) is 0 Å². The zero-order valence-corrected chi connectivity index (χ0v) is 14.5. The highest BCUT2D eigenvalue weighted by atomic mass is 19.4. The van der Waals surface area contributed by atoms with Gasteiger partial charge in [-0.25, -0.2) is 9.50 Å². The lowest BCUT2D eigenvalue weighted by atomic mass is 10.0. The predicted molar refractivity (Wildman–Crippen MR) is 84.9 cm³/mol. The first kappa shape index (κ1) is 19.1. The molecule has 0 fully saturated rings. The quantitative estimate of drug-likeness (QED) is 0.845. The molecule has 25 heavy (non-hydrogen) atoms. The summed E-state index contributed by atoms with van der Waals surface area (Å²) >= 11 is 0. The molecule has 2 aromatic heterocycles. The van der Waals surface area contributed by atoms with Gasteiger partial charge in [-0.2, -0.15) is 18.2 Å². The molecular weight excluding hydrogens is 337 g/mol. The molecule has 0 atom stereocenters. The first-order chi connectivity index (χ1) is 11.4. The molecule has 0 radical (unpaired) electrons. The van der Waals surface area contributed by atoms with Gasteiger partial charge in [-0.1, -0.05) is 0 Å². The van der Waals surface area contributed by atoms with Crippen LogP contribution < -0.4 is 11.1 Å². The lowest BCUT2D eigenvalue weighted by molar-refractivity contribution is -0.144. The molecule has 138 valence electrons. The molecule has 0 saturated carbocycles. The monoisotopic (exact) mass is 358 g/mol. The van der Waals surface area contributed by atoms with E-state index in [1.807, 2.05) is 13.8 Å². The number of fused-ring (bicyclic) bond motifs is 1. The zero-order valence-electron chi connectivity index (χ0n) is 14.5. The fourth-order valence-electron chi connectivity index (χ4n) is 2.42. The highest BCUT2D eigenvalue weighted by Gasteiger charge is 2.37. The van der Waals surface area contributed by atoms with E-state index < -0.39 is 17.5 Å². The number of nitrogens with zero attached hydrogens (tertiary/aromatic N) is 4. The number of hydrogen-bond acceptors (Lipinski definition) is 5. The first-order valence-corrected chi connectivity index (χ1v) is 7.76. The number of aryl methyl sites for hydroxylation is 2. The maximum absolute atomic E-state index is 12.8. The number of nitrogens with one attached hydrogen (secondary N) is 1. The fraction of sp³-hybridized carbons (Fsp3) is 0.600. The van der Waals surface area contributed by atoms with E-state index in [4.69, 9.17) is 5.73 Å². The zero-order chi connectivity index (χ0) is 19.0. The summed E-state index contributed by atoms with van der Waals surface area (Å²) in [4.78, 5) is 19.5. The van der Waals surface area contributed by atoms with E-state index in [9.17, 15) is 18.0 Å². The van der Waals surface area contributed by atoms with Gasteiger partial charge in [-0.05, 0) is 39.7 Å². The minimum atomic E-state index is -4.64. The van der Waals surface area contributed by atoms with Gasteiger partial charge >= 0.3 is 6.18 Å². The summed E-state index contributed by atoms with van der Waals surface area (Å²) in [5, 5.41) is 6.29. The third-order valence-corrected chi connectivity index (χ3v) is 3.89. The second kappa shape index (κ2) is 6.58. The Bertz CT molecular complexity index is 797. The summed E-state index contributed by atoms with van der Waals surface area (Å²) in [7, 11) is 0. The molecule has 0 aliphatic carbocycles. The van der Waals surface area contributed by atoms with Crippen LogP contribution in [0.5, 0.6) is 0 Å². The minimum absolute atomic E-state index is 0.111. The maximum atomic E-state index is 12.8. The van der Waals surface area contributed by atoms with Gasteiger partial charge in [0.15, 0.2) is 0 Å². The predicted octanol–water partition coefficient (Wildman–Crippen LogP) is 1.55. The number of aromatic nitrogens is 4. The van der Waals surface area contributed by atoms with Gasteiger partial charge in [0.05, 0.1) is 0 Å². The largest absolute Gasteiger partial charge is 0.453 e. The van der Waals surface area contributed by atoms with E-state index in [2.05, 4.69) is 20.4 Å². The van der Waals surface area contributed by atoms with E-state index in [1.165, 1.54) is 0 Å². The van der Waals surface area contributed by atoms with E-state index in [0.717, 1.165) is 4.52 Å². The molecule has 7 nitrogen and oxygen atoms in total. The molecule has 0 aliphatic heterocycles. The van der Waals surface area contributed by atoms with E-state index in [0.29, 0.717) is 29.9 Å². The number of hydrogen-bond donors (Lipinski definition) is 2. The van der Waals surface area contributed by atoms with Crippen molar-refractivity contribution in [2.75, 3.05) is 6.54 Å². The molecule has 0 aliphatic rings. The average molecular weight is 358 g/mol. The Kier molecular flexibility index (Phi) is 5.03. The molecule has 0 saturated heterocycles. The number of amides is 1. The highest BCUT2D eigenvalue weighted by molar-refractivity contribution is 5.77. The molecule has 0 spiro atoms. The molecule has 10 heteroatoms. The Morgan fingerprint density at radius 3 is 2.44 bits per heavy atom. The summed E-state index contributed by atoms with van der Waals surface area (Å²) in [6.45, 7) is 7.22. The van der Waals surface area contributed by atoms with Crippen LogP contribution in [-0.2, 0) is 17.4 Å². The molecule has 0 aromatic carbocycles. The van der Waals surface area contributed by atoms with E-state index in [1.54, 1.807) is 13.8 Å². The van der Waals surface area contributed by atoms with Crippen LogP contribution in [0.25, 0.3) is 5.78 Å². The number of rotatable bonds is 5. The highest BCUT2D eigenvalue weighted by Crippen LogP contribution is 2.27. The van der Waals surface area contributed by atoms with Crippen molar-refractivity contribution in [2.24, 2.45) is 5.73 Å². The standard InChI is InChI=1S/C15H21F3N6O/c1-8-10(5-6-11(25)22-14(3,4)7-19)9(2)24-13(20-8)21-12(23-24)15(16,17)18/h5-7,19H2,1-4H3,(H,22,25). The van der Waals surface area contributed by atoms with Crippen LogP contribution >= 0.6 is 0 Å². The third kappa shape index (κ3) is 4.25. The second-order valence-corrected chi connectivity index (χ2v) is 6.54. The lowest BCUT2D eigenvalue weighted by Gasteiger charge is -2.24. The Balaban J connectivity index is 2.25. The molecule has 2 rings (SSSR count). The normalized spacial score (nSPS) is 12.6. The Hall–Kier alpha value is -2.23. The Morgan fingerprint density at radius 1 is 1.24 bits per heavy atom. The second-order valence-electron chi connectivity index (χ2n) is 6.54. The molecule has 2 heterocycles. The van der Waals surface area contributed by atoms with E-state index in [-0.39, 0.29) is 18.1 Å². The third-order valence-electron chi connectivity index (χ3n) is 3.89. The molecule has 3 N–H and O–H groups in total. The van der Waals surface area contributed by atoms with E-state index >= 15 is 0 Å². The van der Waals surface area contributed by atoms with Gasteiger partial charge in [0, 0.05) is 29.9 Å². The van der Waals surface area contributed by atoms with Gasteiger partial charge in [-0.3, -0.25) is 4.79 Å². The van der Waals surface area contributed by atoms with Crippen molar-refractivity contribution in [3.63, 3.8) is 0 Å².